The number of aryl methyl sites for hydroxylation is 1. The van der Waals surface area contributed by atoms with Gasteiger partial charge in [-0.25, -0.2) is 15.0 Å². The summed E-state index contributed by atoms with van der Waals surface area (Å²) in [5.41, 5.74) is 2.93. The predicted molar refractivity (Wildman–Crippen MR) is 128 cm³/mol. The van der Waals surface area contributed by atoms with Crippen LogP contribution in [0.5, 0.6) is 0 Å². The van der Waals surface area contributed by atoms with E-state index >= 15 is 0 Å². The number of imidazole rings is 1. The van der Waals surface area contributed by atoms with Crippen molar-refractivity contribution in [3.8, 4) is 0 Å². The van der Waals surface area contributed by atoms with Crippen LogP contribution >= 0.6 is 11.6 Å². The summed E-state index contributed by atoms with van der Waals surface area (Å²) in [6, 6.07) is 8.22. The first kappa shape index (κ1) is 20.3. The van der Waals surface area contributed by atoms with Gasteiger partial charge in [-0.05, 0) is 25.0 Å². The summed E-state index contributed by atoms with van der Waals surface area (Å²) in [4.78, 5) is 22.2. The minimum Gasteiger partial charge on any atom is -0.351 e. The maximum absolute atomic E-state index is 6.47. The van der Waals surface area contributed by atoms with Gasteiger partial charge >= 0.3 is 0 Å². The third-order valence-electron chi connectivity index (χ3n) is 5.63. The molecule has 9 heteroatoms. The third-order valence-corrected chi connectivity index (χ3v) is 5.89. The Bertz CT molecular complexity index is 1270. The zero-order valence-electron chi connectivity index (χ0n) is 17.7. The van der Waals surface area contributed by atoms with Crippen LogP contribution < -0.4 is 15.1 Å². The molecule has 0 saturated carbocycles. The van der Waals surface area contributed by atoms with Crippen LogP contribution in [-0.2, 0) is 0 Å². The maximum atomic E-state index is 6.47. The van der Waals surface area contributed by atoms with Crippen LogP contribution in [0.2, 0.25) is 5.02 Å². The van der Waals surface area contributed by atoms with Crippen LogP contribution in [-0.4, -0.2) is 43.5 Å². The lowest BCUT2D eigenvalue weighted by molar-refractivity contribution is 0.791. The molecule has 1 fully saturated rings. The van der Waals surface area contributed by atoms with Gasteiger partial charge in [0.25, 0.3) is 0 Å². The van der Waals surface area contributed by atoms with Gasteiger partial charge in [0.1, 0.15) is 5.02 Å². The average molecular weight is 447 g/mol. The number of hydrogen-bond acceptors (Lipinski definition) is 7. The molecular weight excluding hydrogens is 424 g/mol. The Hall–Kier alpha value is -3.65. The molecule has 32 heavy (non-hydrogen) atoms. The fraction of sp³-hybridized carbons (Fsp3) is 0.217. The molecule has 1 saturated heterocycles. The second kappa shape index (κ2) is 8.47. The molecule has 0 amide bonds. The van der Waals surface area contributed by atoms with Crippen molar-refractivity contribution in [3.63, 3.8) is 0 Å². The van der Waals surface area contributed by atoms with Gasteiger partial charge in [-0.2, -0.15) is 4.98 Å². The second-order valence-electron chi connectivity index (χ2n) is 7.69. The predicted octanol–water partition coefficient (Wildman–Crippen LogP) is 4.45. The molecule has 0 bridgehead atoms. The van der Waals surface area contributed by atoms with E-state index in [2.05, 4.69) is 31.7 Å². The molecule has 1 N–H and O–H groups in total. The number of hydrogen-bond donors (Lipinski definition) is 1. The van der Waals surface area contributed by atoms with Gasteiger partial charge in [0.05, 0.1) is 6.20 Å². The SMILES string of the molecule is C=CN(c1ccccc1C)c1nc(NC2CCN(c3nccn4ccnc34)C2)ncc1Cl. The van der Waals surface area contributed by atoms with Crippen LogP contribution in [0.1, 0.15) is 12.0 Å². The van der Waals surface area contributed by atoms with Crippen molar-refractivity contribution in [2.45, 2.75) is 19.4 Å². The van der Waals surface area contributed by atoms with Gasteiger partial charge in [0.2, 0.25) is 5.95 Å². The second-order valence-corrected chi connectivity index (χ2v) is 8.10. The normalized spacial score (nSPS) is 15.8. The van der Waals surface area contributed by atoms with Gasteiger partial charge in [-0.15, -0.1) is 0 Å². The molecule has 1 aliphatic rings. The molecule has 0 aliphatic carbocycles. The van der Waals surface area contributed by atoms with Gasteiger partial charge in [-0.3, -0.25) is 0 Å². The van der Waals surface area contributed by atoms with E-state index in [9.17, 15) is 0 Å². The van der Waals surface area contributed by atoms with Crippen LogP contribution in [0.3, 0.4) is 0 Å². The summed E-state index contributed by atoms with van der Waals surface area (Å²) in [6.45, 7) is 7.66. The van der Waals surface area contributed by atoms with Gasteiger partial charge in [0.15, 0.2) is 17.3 Å². The largest absolute Gasteiger partial charge is 0.351 e. The molecule has 3 aromatic heterocycles. The Labute approximate surface area is 191 Å². The lowest BCUT2D eigenvalue weighted by Gasteiger charge is -2.23. The molecule has 4 aromatic rings. The number of benzene rings is 1. The van der Waals surface area contributed by atoms with E-state index in [0.29, 0.717) is 16.8 Å². The third kappa shape index (κ3) is 3.73. The first-order valence-electron chi connectivity index (χ1n) is 10.4. The van der Waals surface area contributed by atoms with E-state index in [1.165, 1.54) is 0 Å². The zero-order chi connectivity index (χ0) is 22.1. The molecular formula is C23H23ClN8. The smallest absolute Gasteiger partial charge is 0.225 e. The molecule has 1 aliphatic heterocycles. The molecule has 1 aromatic carbocycles. The number of anilines is 4. The van der Waals surface area contributed by atoms with E-state index in [1.807, 2.05) is 52.9 Å². The fourth-order valence-corrected chi connectivity index (χ4v) is 4.23. The van der Waals surface area contributed by atoms with E-state index < -0.39 is 0 Å². The highest BCUT2D eigenvalue weighted by Gasteiger charge is 2.26. The zero-order valence-corrected chi connectivity index (χ0v) is 18.4. The molecule has 162 valence electrons. The van der Waals surface area contributed by atoms with E-state index in [1.54, 1.807) is 24.8 Å². The van der Waals surface area contributed by atoms with Gasteiger partial charge in [-0.1, -0.05) is 36.4 Å². The number of halogens is 1. The standard InChI is InChI=1S/C23H23ClN8/c1-3-32(19-7-5-4-6-16(19)2)20-18(24)14-27-23(29-20)28-17-8-11-31(15-17)22-21-25-9-12-30(21)13-10-26-22/h3-7,9-10,12-14,17H,1,8,11,15H2,2H3,(H,27,28,29). The van der Waals surface area contributed by atoms with Crippen LogP contribution in [0.25, 0.3) is 5.65 Å². The molecule has 1 atom stereocenters. The summed E-state index contributed by atoms with van der Waals surface area (Å²) in [7, 11) is 0. The topological polar surface area (TPSA) is 74.5 Å². The molecule has 1 unspecified atom stereocenters. The van der Waals surface area contributed by atoms with E-state index in [-0.39, 0.29) is 6.04 Å². The highest BCUT2D eigenvalue weighted by Crippen LogP contribution is 2.33. The van der Waals surface area contributed by atoms with Crippen molar-refractivity contribution in [2.24, 2.45) is 0 Å². The number of nitrogens with zero attached hydrogens (tertiary/aromatic N) is 7. The van der Waals surface area contributed by atoms with Crippen molar-refractivity contribution < 1.29 is 0 Å². The number of para-hydroxylation sites is 1. The molecule has 5 rings (SSSR count). The average Bonchev–Trinajstić information content (AvgIpc) is 3.47. The Kier molecular flexibility index (Phi) is 5.36. The minimum atomic E-state index is 0.177. The highest BCUT2D eigenvalue weighted by atomic mass is 35.5. The Balaban J connectivity index is 1.36. The fourth-order valence-electron chi connectivity index (χ4n) is 4.05. The lowest BCUT2D eigenvalue weighted by atomic mass is 10.2. The summed E-state index contributed by atoms with van der Waals surface area (Å²) in [5, 5.41) is 3.92. The highest BCUT2D eigenvalue weighted by molar-refractivity contribution is 6.33. The van der Waals surface area contributed by atoms with E-state index in [0.717, 1.165) is 42.2 Å². The summed E-state index contributed by atoms with van der Waals surface area (Å²) in [6.07, 6.45) is 11.7. The Morgan fingerprint density at radius 2 is 2.00 bits per heavy atom. The van der Waals surface area contributed by atoms with Gasteiger partial charge in [0, 0.05) is 55.8 Å². The molecule has 8 nitrogen and oxygen atoms in total. The van der Waals surface area contributed by atoms with Crippen LogP contribution in [0, 0.1) is 6.92 Å². The lowest BCUT2D eigenvalue weighted by Crippen LogP contribution is -2.28. The van der Waals surface area contributed by atoms with Crippen molar-refractivity contribution >= 4 is 40.5 Å². The van der Waals surface area contributed by atoms with Crippen molar-refractivity contribution in [1.82, 2.24) is 24.3 Å². The molecule has 0 radical (unpaired) electrons. The molecule has 4 heterocycles. The molecule has 0 spiro atoms. The number of aromatic nitrogens is 5. The Morgan fingerprint density at radius 3 is 2.81 bits per heavy atom. The summed E-state index contributed by atoms with van der Waals surface area (Å²) in [5.74, 6) is 2.01. The summed E-state index contributed by atoms with van der Waals surface area (Å²) >= 11 is 6.47. The van der Waals surface area contributed by atoms with Crippen molar-refractivity contribution in [3.05, 3.63) is 78.6 Å². The van der Waals surface area contributed by atoms with Crippen LogP contribution in [0.4, 0.5) is 23.3 Å². The van der Waals surface area contributed by atoms with E-state index in [4.69, 9.17) is 16.6 Å². The Morgan fingerprint density at radius 1 is 1.19 bits per heavy atom. The summed E-state index contributed by atoms with van der Waals surface area (Å²) < 4.78 is 1.98. The van der Waals surface area contributed by atoms with Crippen LogP contribution in [0.15, 0.2) is 68.0 Å². The minimum absolute atomic E-state index is 0.177. The number of nitrogens with one attached hydrogen (secondary N) is 1. The first-order chi connectivity index (χ1) is 15.6. The number of fused-ring (bicyclic) bond motifs is 1. The number of rotatable bonds is 6. The quantitative estimate of drug-likeness (QED) is 0.468. The first-order valence-corrected chi connectivity index (χ1v) is 10.8. The maximum Gasteiger partial charge on any atom is 0.225 e. The van der Waals surface area contributed by atoms with Crippen molar-refractivity contribution in [1.29, 1.82) is 0 Å². The monoisotopic (exact) mass is 446 g/mol. The van der Waals surface area contributed by atoms with Gasteiger partial charge < -0.3 is 19.5 Å². The van der Waals surface area contributed by atoms with Crippen molar-refractivity contribution in [2.75, 3.05) is 28.2 Å².